The molecule has 0 atom stereocenters. The van der Waals surface area contributed by atoms with Crippen molar-refractivity contribution in [3.63, 3.8) is 0 Å². The molecule has 5 nitrogen and oxygen atoms in total. The highest BCUT2D eigenvalue weighted by Gasteiger charge is 2.20. The summed E-state index contributed by atoms with van der Waals surface area (Å²) in [5, 5.41) is 4.35. The Morgan fingerprint density at radius 3 is 1.69 bits per heavy atom. The van der Waals surface area contributed by atoms with E-state index in [1.54, 1.807) is 0 Å². The molecule has 0 amide bonds. The smallest absolute Gasteiger partial charge is 0.164 e. The number of nitrogens with zero attached hydrogens (tertiary/aromatic N) is 3. The number of fused-ring (bicyclic) bond motifs is 6. The molecule has 9 rings (SSSR count). The zero-order valence-corrected chi connectivity index (χ0v) is 24.5. The van der Waals surface area contributed by atoms with Gasteiger partial charge in [-0.1, -0.05) is 121 Å². The fraction of sp³-hybridized carbons (Fsp3) is 0. The van der Waals surface area contributed by atoms with Gasteiger partial charge in [-0.25, -0.2) is 15.0 Å². The molecule has 0 fully saturated rings. The van der Waals surface area contributed by atoms with Crippen LogP contribution in [0.3, 0.4) is 0 Å². The van der Waals surface area contributed by atoms with Gasteiger partial charge in [0, 0.05) is 38.2 Å². The lowest BCUT2D eigenvalue weighted by Crippen LogP contribution is -2.00. The standard InChI is InChI=1S/C39H22ClN3O2/c40-30-15-6-12-27-35-29(14-8-18-33(35)45-36(27)30)39-42-37(25-21-19-24(20-22-25)23-9-2-1-3-10-23)41-38(43-39)28-13-7-17-32-34(28)26-11-4-5-16-31(26)44-32/h1-22H. The third kappa shape index (κ3) is 4.20. The Morgan fingerprint density at radius 1 is 0.400 bits per heavy atom. The number of rotatable bonds is 4. The van der Waals surface area contributed by atoms with Crippen molar-refractivity contribution in [2.75, 3.05) is 0 Å². The van der Waals surface area contributed by atoms with Crippen LogP contribution in [0.15, 0.2) is 142 Å². The number of furan rings is 2. The van der Waals surface area contributed by atoms with Crippen LogP contribution < -0.4 is 0 Å². The Labute approximate surface area is 262 Å². The molecule has 0 unspecified atom stereocenters. The Kier molecular flexibility index (Phi) is 5.80. The summed E-state index contributed by atoms with van der Waals surface area (Å²) >= 11 is 6.54. The lowest BCUT2D eigenvalue weighted by atomic mass is 10.0. The minimum absolute atomic E-state index is 0.542. The summed E-state index contributed by atoms with van der Waals surface area (Å²) in [4.78, 5) is 15.3. The molecule has 0 N–H and O–H groups in total. The molecule has 212 valence electrons. The maximum Gasteiger partial charge on any atom is 0.164 e. The van der Waals surface area contributed by atoms with Crippen LogP contribution in [0.5, 0.6) is 0 Å². The Morgan fingerprint density at radius 2 is 0.933 bits per heavy atom. The molecule has 0 saturated heterocycles. The largest absolute Gasteiger partial charge is 0.456 e. The maximum absolute atomic E-state index is 6.54. The lowest BCUT2D eigenvalue weighted by Gasteiger charge is -2.10. The number of halogens is 1. The van der Waals surface area contributed by atoms with E-state index < -0.39 is 0 Å². The van der Waals surface area contributed by atoms with E-state index in [-0.39, 0.29) is 0 Å². The lowest BCUT2D eigenvalue weighted by molar-refractivity contribution is 0.668. The Bertz CT molecular complexity index is 2550. The molecule has 45 heavy (non-hydrogen) atoms. The third-order valence-corrected chi connectivity index (χ3v) is 8.54. The SMILES string of the molecule is Clc1cccc2c1oc1cccc(-c3nc(-c4ccc(-c5ccccc5)cc4)nc(-c4cccc5oc6ccccc6c45)n3)c12. The van der Waals surface area contributed by atoms with E-state index in [9.17, 15) is 0 Å². The molecule has 3 aromatic heterocycles. The summed E-state index contributed by atoms with van der Waals surface area (Å²) in [6.07, 6.45) is 0. The minimum atomic E-state index is 0.542. The van der Waals surface area contributed by atoms with Crippen molar-refractivity contribution in [3.8, 4) is 45.3 Å². The number of benzene rings is 6. The summed E-state index contributed by atoms with van der Waals surface area (Å²) < 4.78 is 12.4. The third-order valence-electron chi connectivity index (χ3n) is 8.24. The van der Waals surface area contributed by atoms with Crippen LogP contribution in [0.1, 0.15) is 0 Å². The molecule has 0 saturated carbocycles. The highest BCUT2D eigenvalue weighted by atomic mass is 35.5. The van der Waals surface area contributed by atoms with E-state index in [1.165, 1.54) is 0 Å². The van der Waals surface area contributed by atoms with Crippen LogP contribution in [0.25, 0.3) is 89.2 Å². The summed E-state index contributed by atoms with van der Waals surface area (Å²) in [6.45, 7) is 0. The maximum atomic E-state index is 6.54. The van der Waals surface area contributed by atoms with Gasteiger partial charge in [0.15, 0.2) is 23.1 Å². The highest BCUT2D eigenvalue weighted by molar-refractivity contribution is 6.36. The quantitative estimate of drug-likeness (QED) is 0.201. The molecule has 0 aliphatic carbocycles. The van der Waals surface area contributed by atoms with Gasteiger partial charge in [-0.05, 0) is 35.4 Å². The molecule has 3 heterocycles. The van der Waals surface area contributed by atoms with Gasteiger partial charge in [-0.15, -0.1) is 0 Å². The van der Waals surface area contributed by atoms with E-state index >= 15 is 0 Å². The highest BCUT2D eigenvalue weighted by Crippen LogP contribution is 2.40. The van der Waals surface area contributed by atoms with Crippen LogP contribution in [-0.2, 0) is 0 Å². The molecule has 0 radical (unpaired) electrons. The van der Waals surface area contributed by atoms with Crippen LogP contribution in [0, 0.1) is 0 Å². The van der Waals surface area contributed by atoms with Gasteiger partial charge in [0.1, 0.15) is 16.7 Å². The summed E-state index contributed by atoms with van der Waals surface area (Å²) in [6, 6.07) is 44.4. The molecule has 0 spiro atoms. The van der Waals surface area contributed by atoms with Gasteiger partial charge in [-0.2, -0.15) is 0 Å². The van der Waals surface area contributed by atoms with Gasteiger partial charge in [0.05, 0.1) is 5.02 Å². The molecule has 0 bridgehead atoms. The molecule has 6 heteroatoms. The fourth-order valence-corrected chi connectivity index (χ4v) is 6.36. The van der Waals surface area contributed by atoms with Crippen LogP contribution in [0.2, 0.25) is 5.02 Å². The average Bonchev–Trinajstić information content (AvgIpc) is 3.68. The second-order valence-electron chi connectivity index (χ2n) is 10.9. The van der Waals surface area contributed by atoms with Crippen molar-refractivity contribution in [1.82, 2.24) is 15.0 Å². The topological polar surface area (TPSA) is 65.0 Å². The van der Waals surface area contributed by atoms with Crippen molar-refractivity contribution in [1.29, 1.82) is 0 Å². The average molecular weight is 600 g/mol. The Hall–Kier alpha value is -5.78. The summed E-state index contributed by atoms with van der Waals surface area (Å²) in [7, 11) is 0. The molecule has 6 aromatic carbocycles. The normalized spacial score (nSPS) is 11.7. The van der Waals surface area contributed by atoms with E-state index in [2.05, 4.69) is 42.5 Å². The second kappa shape index (κ2) is 10.2. The van der Waals surface area contributed by atoms with E-state index in [0.717, 1.165) is 60.5 Å². The van der Waals surface area contributed by atoms with E-state index in [1.807, 2.05) is 91.0 Å². The van der Waals surface area contributed by atoms with E-state index in [4.69, 9.17) is 35.4 Å². The number of hydrogen-bond acceptors (Lipinski definition) is 5. The molecular formula is C39H22ClN3O2. The van der Waals surface area contributed by atoms with Crippen molar-refractivity contribution < 1.29 is 8.83 Å². The molecule has 0 aliphatic heterocycles. The fourth-order valence-electron chi connectivity index (χ4n) is 6.15. The van der Waals surface area contributed by atoms with Crippen molar-refractivity contribution in [2.24, 2.45) is 0 Å². The van der Waals surface area contributed by atoms with Crippen LogP contribution in [0.4, 0.5) is 0 Å². The number of aromatic nitrogens is 3. The monoisotopic (exact) mass is 599 g/mol. The minimum Gasteiger partial charge on any atom is -0.456 e. The van der Waals surface area contributed by atoms with Gasteiger partial charge in [-0.3, -0.25) is 0 Å². The zero-order chi connectivity index (χ0) is 29.9. The predicted octanol–water partition coefficient (Wildman–Crippen LogP) is 11.0. The van der Waals surface area contributed by atoms with Gasteiger partial charge >= 0.3 is 0 Å². The van der Waals surface area contributed by atoms with Crippen LogP contribution >= 0.6 is 11.6 Å². The summed E-state index contributed by atoms with van der Waals surface area (Å²) in [5.41, 5.74) is 7.82. The van der Waals surface area contributed by atoms with Gasteiger partial charge in [0.25, 0.3) is 0 Å². The molecule has 9 aromatic rings. The zero-order valence-electron chi connectivity index (χ0n) is 23.7. The van der Waals surface area contributed by atoms with Gasteiger partial charge < -0.3 is 8.83 Å². The first-order valence-corrected chi connectivity index (χ1v) is 15.0. The second-order valence-corrected chi connectivity index (χ2v) is 11.3. The van der Waals surface area contributed by atoms with Crippen molar-refractivity contribution >= 4 is 55.5 Å². The Balaban J connectivity index is 1.31. The molecular weight excluding hydrogens is 578 g/mol. The molecule has 0 aliphatic rings. The first-order valence-electron chi connectivity index (χ1n) is 14.6. The predicted molar refractivity (Wildman–Crippen MR) is 181 cm³/mol. The van der Waals surface area contributed by atoms with Crippen molar-refractivity contribution in [3.05, 3.63) is 138 Å². The first-order chi connectivity index (χ1) is 22.2. The number of para-hydroxylation sites is 2. The van der Waals surface area contributed by atoms with Crippen LogP contribution in [-0.4, -0.2) is 15.0 Å². The van der Waals surface area contributed by atoms with Gasteiger partial charge in [0.2, 0.25) is 0 Å². The first kappa shape index (κ1) is 25.7. The summed E-state index contributed by atoms with van der Waals surface area (Å²) in [5.74, 6) is 1.67. The number of hydrogen-bond donors (Lipinski definition) is 0. The van der Waals surface area contributed by atoms with E-state index in [0.29, 0.717) is 33.7 Å². The van der Waals surface area contributed by atoms with Crippen molar-refractivity contribution in [2.45, 2.75) is 0 Å².